The smallest absolute Gasteiger partial charge is 0.251 e. The van der Waals surface area contributed by atoms with Gasteiger partial charge in [-0.3, -0.25) is 14.5 Å². The molecule has 7 heteroatoms. The van der Waals surface area contributed by atoms with Crippen molar-refractivity contribution in [1.29, 1.82) is 0 Å². The van der Waals surface area contributed by atoms with E-state index in [1.54, 1.807) is 18.2 Å². The highest BCUT2D eigenvalue weighted by molar-refractivity contribution is 5.94. The second kappa shape index (κ2) is 10.2. The Labute approximate surface area is 178 Å². The van der Waals surface area contributed by atoms with E-state index < -0.39 is 0 Å². The van der Waals surface area contributed by atoms with E-state index in [4.69, 9.17) is 9.47 Å². The lowest BCUT2D eigenvalue weighted by atomic mass is 9.86. The zero-order valence-corrected chi connectivity index (χ0v) is 17.7. The Morgan fingerprint density at radius 3 is 2.57 bits per heavy atom. The molecule has 1 saturated carbocycles. The van der Waals surface area contributed by atoms with Gasteiger partial charge in [-0.1, -0.05) is 32.1 Å². The summed E-state index contributed by atoms with van der Waals surface area (Å²) in [6.07, 6.45) is 8.41. The number of carbonyl (C=O) groups is 2. The standard InChI is InChI=1S/C23H33N3O4/c27-22(9-6-18-4-2-1-3-5-18)26-14-12-25(13-15-26)11-10-24-23(28)19-7-8-20-21(16-19)30-17-29-20/h7-8,16,18H,1-6,9-15,17H2,(H,24,28). The van der Waals surface area contributed by atoms with E-state index in [0.717, 1.165) is 45.1 Å². The predicted molar refractivity (Wildman–Crippen MR) is 114 cm³/mol. The molecule has 0 unspecified atom stereocenters. The molecule has 2 fully saturated rings. The molecule has 1 saturated heterocycles. The zero-order chi connectivity index (χ0) is 20.8. The van der Waals surface area contributed by atoms with Crippen molar-refractivity contribution in [2.75, 3.05) is 46.1 Å². The molecule has 4 rings (SSSR count). The molecule has 7 nitrogen and oxygen atoms in total. The third-order valence-electron chi connectivity index (χ3n) is 6.56. The fraction of sp³-hybridized carbons (Fsp3) is 0.652. The summed E-state index contributed by atoms with van der Waals surface area (Å²) in [6.45, 7) is 4.90. The topological polar surface area (TPSA) is 71.1 Å². The van der Waals surface area contributed by atoms with E-state index >= 15 is 0 Å². The van der Waals surface area contributed by atoms with E-state index in [-0.39, 0.29) is 12.7 Å². The number of amides is 2. The van der Waals surface area contributed by atoms with Gasteiger partial charge in [-0.05, 0) is 30.5 Å². The van der Waals surface area contributed by atoms with Crippen LogP contribution in [0.5, 0.6) is 11.5 Å². The molecular formula is C23H33N3O4. The molecule has 30 heavy (non-hydrogen) atoms. The number of nitrogens with zero attached hydrogens (tertiary/aromatic N) is 2. The van der Waals surface area contributed by atoms with Crippen molar-refractivity contribution in [2.24, 2.45) is 5.92 Å². The lowest BCUT2D eigenvalue weighted by Gasteiger charge is -2.35. The van der Waals surface area contributed by atoms with Crippen molar-refractivity contribution in [1.82, 2.24) is 15.1 Å². The maximum Gasteiger partial charge on any atom is 0.251 e. The van der Waals surface area contributed by atoms with Gasteiger partial charge in [-0.25, -0.2) is 0 Å². The summed E-state index contributed by atoms with van der Waals surface area (Å²) in [4.78, 5) is 29.2. The van der Waals surface area contributed by atoms with Gasteiger partial charge < -0.3 is 19.7 Å². The first kappa shape index (κ1) is 21.0. The minimum atomic E-state index is -0.107. The summed E-state index contributed by atoms with van der Waals surface area (Å²) in [5.74, 6) is 2.27. The fourth-order valence-electron chi connectivity index (χ4n) is 4.65. The molecule has 1 N–H and O–H groups in total. The van der Waals surface area contributed by atoms with Crippen LogP contribution in [0.3, 0.4) is 0 Å². The van der Waals surface area contributed by atoms with Gasteiger partial charge in [0.15, 0.2) is 11.5 Å². The molecular weight excluding hydrogens is 382 g/mol. The van der Waals surface area contributed by atoms with Crippen molar-refractivity contribution < 1.29 is 19.1 Å². The Balaban J connectivity index is 1.12. The molecule has 2 amide bonds. The lowest BCUT2D eigenvalue weighted by molar-refractivity contribution is -0.133. The van der Waals surface area contributed by atoms with Gasteiger partial charge >= 0.3 is 0 Å². The Hall–Kier alpha value is -2.28. The molecule has 0 spiro atoms. The number of carbonyl (C=O) groups excluding carboxylic acids is 2. The molecule has 2 aliphatic heterocycles. The average Bonchev–Trinajstić information content (AvgIpc) is 3.26. The fourth-order valence-corrected chi connectivity index (χ4v) is 4.65. The van der Waals surface area contributed by atoms with Gasteiger partial charge in [0.25, 0.3) is 5.91 Å². The molecule has 1 aliphatic carbocycles. The summed E-state index contributed by atoms with van der Waals surface area (Å²) in [5, 5.41) is 2.97. The van der Waals surface area contributed by atoms with E-state index in [2.05, 4.69) is 10.2 Å². The molecule has 2 heterocycles. The zero-order valence-electron chi connectivity index (χ0n) is 17.7. The SMILES string of the molecule is O=C(NCCN1CCN(C(=O)CCC2CCCCC2)CC1)c1ccc2c(c1)OCO2. The van der Waals surface area contributed by atoms with Gasteiger partial charge in [0.2, 0.25) is 12.7 Å². The number of hydrogen-bond donors (Lipinski definition) is 1. The van der Waals surface area contributed by atoms with Crippen LogP contribution in [0.15, 0.2) is 18.2 Å². The first-order valence-electron chi connectivity index (χ1n) is 11.4. The van der Waals surface area contributed by atoms with Crippen molar-refractivity contribution in [3.8, 4) is 11.5 Å². The molecule has 0 bridgehead atoms. The maximum absolute atomic E-state index is 12.5. The Bertz CT molecular complexity index is 740. The predicted octanol–water partition coefficient (Wildman–Crippen LogP) is 2.65. The Morgan fingerprint density at radius 1 is 1.00 bits per heavy atom. The van der Waals surface area contributed by atoms with Crippen molar-refractivity contribution in [2.45, 2.75) is 44.9 Å². The number of piperazine rings is 1. The van der Waals surface area contributed by atoms with Crippen molar-refractivity contribution >= 4 is 11.8 Å². The summed E-state index contributed by atoms with van der Waals surface area (Å²) < 4.78 is 10.6. The second-order valence-corrected chi connectivity index (χ2v) is 8.59. The second-order valence-electron chi connectivity index (χ2n) is 8.59. The summed E-state index contributed by atoms with van der Waals surface area (Å²) in [6, 6.07) is 5.23. The van der Waals surface area contributed by atoms with Crippen molar-refractivity contribution in [3.63, 3.8) is 0 Å². The number of ether oxygens (including phenoxy) is 2. The number of fused-ring (bicyclic) bond motifs is 1. The Kier molecular flexibility index (Phi) is 7.10. The van der Waals surface area contributed by atoms with Crippen LogP contribution in [-0.4, -0.2) is 67.7 Å². The van der Waals surface area contributed by atoms with Gasteiger partial charge in [-0.2, -0.15) is 0 Å². The van der Waals surface area contributed by atoms with Gasteiger partial charge in [0.05, 0.1) is 0 Å². The van der Waals surface area contributed by atoms with E-state index in [9.17, 15) is 9.59 Å². The highest BCUT2D eigenvalue weighted by atomic mass is 16.7. The number of hydrogen-bond acceptors (Lipinski definition) is 5. The monoisotopic (exact) mass is 415 g/mol. The first-order valence-corrected chi connectivity index (χ1v) is 11.4. The van der Waals surface area contributed by atoms with E-state index in [1.165, 1.54) is 32.1 Å². The van der Waals surface area contributed by atoms with Crippen LogP contribution >= 0.6 is 0 Å². The highest BCUT2D eigenvalue weighted by Crippen LogP contribution is 2.32. The van der Waals surface area contributed by atoms with Gasteiger partial charge in [-0.15, -0.1) is 0 Å². The number of benzene rings is 1. The molecule has 3 aliphatic rings. The minimum Gasteiger partial charge on any atom is -0.454 e. The van der Waals surface area contributed by atoms with Gasteiger partial charge in [0, 0.05) is 51.3 Å². The average molecular weight is 416 g/mol. The van der Waals surface area contributed by atoms with Gasteiger partial charge in [0.1, 0.15) is 0 Å². The quantitative estimate of drug-likeness (QED) is 0.741. The molecule has 0 atom stereocenters. The van der Waals surface area contributed by atoms with Crippen molar-refractivity contribution in [3.05, 3.63) is 23.8 Å². The molecule has 0 aromatic heterocycles. The van der Waals surface area contributed by atoms with Crippen LogP contribution < -0.4 is 14.8 Å². The van der Waals surface area contributed by atoms with Crippen LogP contribution in [0, 0.1) is 5.92 Å². The van der Waals surface area contributed by atoms with E-state index in [1.807, 2.05) is 4.90 Å². The molecule has 1 aromatic carbocycles. The maximum atomic E-state index is 12.5. The van der Waals surface area contributed by atoms with Crippen LogP contribution in [0.1, 0.15) is 55.3 Å². The molecule has 164 valence electrons. The highest BCUT2D eigenvalue weighted by Gasteiger charge is 2.22. The third kappa shape index (κ3) is 5.45. The third-order valence-corrected chi connectivity index (χ3v) is 6.56. The van der Waals surface area contributed by atoms with Crippen LogP contribution in [0.25, 0.3) is 0 Å². The van der Waals surface area contributed by atoms with E-state index in [0.29, 0.717) is 35.9 Å². The lowest BCUT2D eigenvalue weighted by Crippen LogP contribution is -2.50. The first-order chi connectivity index (χ1) is 14.7. The van der Waals surface area contributed by atoms with Crippen LogP contribution in [0.4, 0.5) is 0 Å². The minimum absolute atomic E-state index is 0.107. The molecule has 0 radical (unpaired) electrons. The summed E-state index contributed by atoms with van der Waals surface area (Å²) in [7, 11) is 0. The largest absolute Gasteiger partial charge is 0.454 e. The summed E-state index contributed by atoms with van der Waals surface area (Å²) >= 11 is 0. The molecule has 1 aromatic rings. The normalized spacial score (nSPS) is 19.7. The van der Waals surface area contributed by atoms with Crippen LogP contribution in [-0.2, 0) is 4.79 Å². The Morgan fingerprint density at radius 2 is 1.77 bits per heavy atom. The number of rotatable bonds is 7. The summed E-state index contributed by atoms with van der Waals surface area (Å²) in [5.41, 5.74) is 0.577. The van der Waals surface area contributed by atoms with Crippen LogP contribution in [0.2, 0.25) is 0 Å². The number of nitrogens with one attached hydrogen (secondary N) is 1.